The van der Waals surface area contributed by atoms with Crippen molar-refractivity contribution in [3.8, 4) is 0 Å². The second-order valence-electron chi connectivity index (χ2n) is 4.58. The highest BCUT2D eigenvalue weighted by Crippen LogP contribution is 2.32. The second-order valence-corrected chi connectivity index (χ2v) is 5.73. The molecule has 1 aromatic rings. The SMILES string of the molecule is CC1CSCCN1c1c(F)cccc1[C@H](C)N. The van der Waals surface area contributed by atoms with Gasteiger partial charge in [-0.3, -0.25) is 0 Å². The van der Waals surface area contributed by atoms with E-state index < -0.39 is 0 Å². The zero-order valence-corrected chi connectivity index (χ0v) is 11.1. The highest BCUT2D eigenvalue weighted by molar-refractivity contribution is 7.99. The molecule has 17 heavy (non-hydrogen) atoms. The molecule has 2 rings (SSSR count). The van der Waals surface area contributed by atoms with E-state index in [0.717, 1.165) is 23.6 Å². The van der Waals surface area contributed by atoms with Crippen LogP contribution in [0.25, 0.3) is 0 Å². The Morgan fingerprint density at radius 3 is 2.94 bits per heavy atom. The molecule has 0 saturated carbocycles. The number of nitrogens with two attached hydrogens (primary N) is 1. The smallest absolute Gasteiger partial charge is 0.146 e. The van der Waals surface area contributed by atoms with E-state index in [9.17, 15) is 4.39 Å². The first-order valence-corrected chi connectivity index (χ1v) is 7.15. The molecule has 2 nitrogen and oxygen atoms in total. The van der Waals surface area contributed by atoms with E-state index in [0.29, 0.717) is 11.7 Å². The second kappa shape index (κ2) is 5.27. The highest BCUT2D eigenvalue weighted by Gasteiger charge is 2.24. The molecule has 1 saturated heterocycles. The lowest BCUT2D eigenvalue weighted by Crippen LogP contribution is -2.41. The van der Waals surface area contributed by atoms with E-state index >= 15 is 0 Å². The minimum absolute atomic E-state index is 0.137. The minimum atomic E-state index is -0.154. The molecule has 1 aromatic carbocycles. The Hall–Kier alpha value is -0.740. The lowest BCUT2D eigenvalue weighted by Gasteiger charge is -2.37. The van der Waals surface area contributed by atoms with E-state index in [-0.39, 0.29) is 11.9 Å². The average Bonchev–Trinajstić information content (AvgIpc) is 2.30. The molecule has 94 valence electrons. The Labute approximate surface area is 106 Å². The summed E-state index contributed by atoms with van der Waals surface area (Å²) in [6, 6.07) is 5.42. The zero-order chi connectivity index (χ0) is 12.4. The average molecular weight is 254 g/mol. The number of hydrogen-bond acceptors (Lipinski definition) is 3. The standard InChI is InChI=1S/C13H19FN2S/c1-9-8-17-7-6-16(9)13-11(10(2)15)4-3-5-12(13)14/h3-5,9-10H,6-8,15H2,1-2H3/t9?,10-/m0/s1. The molecule has 2 N–H and O–H groups in total. The van der Waals surface area contributed by atoms with Crippen LogP contribution in [0.5, 0.6) is 0 Å². The molecule has 0 radical (unpaired) electrons. The Kier molecular flexibility index (Phi) is 3.94. The number of rotatable bonds is 2. The fourth-order valence-corrected chi connectivity index (χ4v) is 3.28. The lowest BCUT2D eigenvalue weighted by atomic mass is 10.0. The third-order valence-corrected chi connectivity index (χ3v) is 4.35. The summed E-state index contributed by atoms with van der Waals surface area (Å²) in [6.07, 6.45) is 0. The van der Waals surface area contributed by atoms with Crippen molar-refractivity contribution < 1.29 is 4.39 Å². The number of thioether (sulfide) groups is 1. The maximum Gasteiger partial charge on any atom is 0.146 e. The number of nitrogens with zero attached hydrogens (tertiary/aromatic N) is 1. The lowest BCUT2D eigenvalue weighted by molar-refractivity contribution is 0.596. The number of anilines is 1. The van der Waals surface area contributed by atoms with E-state index in [2.05, 4.69) is 11.8 Å². The monoisotopic (exact) mass is 254 g/mol. The van der Waals surface area contributed by atoms with Crippen LogP contribution in [0.3, 0.4) is 0 Å². The normalized spacial score (nSPS) is 22.6. The van der Waals surface area contributed by atoms with Gasteiger partial charge in [-0.2, -0.15) is 11.8 Å². The summed E-state index contributed by atoms with van der Waals surface area (Å²) in [7, 11) is 0. The van der Waals surface area contributed by atoms with E-state index in [1.165, 1.54) is 6.07 Å². The van der Waals surface area contributed by atoms with Crippen LogP contribution >= 0.6 is 11.8 Å². The van der Waals surface area contributed by atoms with Crippen molar-refractivity contribution in [3.63, 3.8) is 0 Å². The van der Waals surface area contributed by atoms with Crippen LogP contribution in [0.2, 0.25) is 0 Å². The van der Waals surface area contributed by atoms with Gasteiger partial charge in [0, 0.05) is 30.1 Å². The molecule has 0 amide bonds. The molecular formula is C13H19FN2S. The molecule has 1 unspecified atom stereocenters. The van der Waals surface area contributed by atoms with Crippen LogP contribution in [0.4, 0.5) is 10.1 Å². The molecule has 2 atom stereocenters. The van der Waals surface area contributed by atoms with Crippen molar-refractivity contribution >= 4 is 17.4 Å². The summed E-state index contributed by atoms with van der Waals surface area (Å²) in [5, 5.41) is 0. The van der Waals surface area contributed by atoms with Crippen LogP contribution in [-0.4, -0.2) is 24.1 Å². The van der Waals surface area contributed by atoms with Crippen molar-refractivity contribution in [2.24, 2.45) is 5.73 Å². The number of hydrogen-bond donors (Lipinski definition) is 1. The quantitative estimate of drug-likeness (QED) is 0.880. The van der Waals surface area contributed by atoms with Crippen molar-refractivity contribution in [1.29, 1.82) is 0 Å². The van der Waals surface area contributed by atoms with E-state index in [1.807, 2.05) is 24.8 Å². The summed E-state index contributed by atoms with van der Waals surface area (Å²) in [4.78, 5) is 2.16. The fraction of sp³-hybridized carbons (Fsp3) is 0.538. The predicted molar refractivity (Wildman–Crippen MR) is 73.1 cm³/mol. The van der Waals surface area contributed by atoms with Gasteiger partial charge in [0.2, 0.25) is 0 Å². The minimum Gasteiger partial charge on any atom is -0.365 e. The summed E-state index contributed by atoms with van der Waals surface area (Å²) in [5.74, 6) is 1.95. The van der Waals surface area contributed by atoms with Gasteiger partial charge in [0.1, 0.15) is 5.82 Å². The maximum absolute atomic E-state index is 14.1. The molecule has 1 heterocycles. The number of benzene rings is 1. The predicted octanol–water partition coefficient (Wildman–Crippen LogP) is 2.79. The molecule has 1 fully saturated rings. The van der Waals surface area contributed by atoms with E-state index in [4.69, 9.17) is 5.73 Å². The van der Waals surface area contributed by atoms with Crippen molar-refractivity contribution in [2.45, 2.75) is 25.9 Å². The maximum atomic E-state index is 14.1. The van der Waals surface area contributed by atoms with Crippen molar-refractivity contribution in [1.82, 2.24) is 0 Å². The summed E-state index contributed by atoms with van der Waals surface area (Å²) in [6.45, 7) is 4.94. The van der Waals surface area contributed by atoms with Gasteiger partial charge in [-0.05, 0) is 25.5 Å². The third kappa shape index (κ3) is 2.58. The molecule has 0 bridgehead atoms. The van der Waals surface area contributed by atoms with Gasteiger partial charge < -0.3 is 10.6 Å². The molecular weight excluding hydrogens is 235 g/mol. The van der Waals surface area contributed by atoms with Gasteiger partial charge >= 0.3 is 0 Å². The first-order valence-electron chi connectivity index (χ1n) is 5.99. The summed E-state index contributed by atoms with van der Waals surface area (Å²) in [5.41, 5.74) is 7.55. The first kappa shape index (κ1) is 12.7. The Balaban J connectivity index is 2.41. The van der Waals surface area contributed by atoms with Crippen LogP contribution < -0.4 is 10.6 Å². The number of para-hydroxylation sites is 1. The van der Waals surface area contributed by atoms with Gasteiger partial charge in [-0.25, -0.2) is 4.39 Å². The highest BCUT2D eigenvalue weighted by atomic mass is 32.2. The topological polar surface area (TPSA) is 29.3 Å². The van der Waals surface area contributed by atoms with Crippen LogP contribution in [-0.2, 0) is 0 Å². The van der Waals surface area contributed by atoms with Crippen LogP contribution in [0, 0.1) is 5.82 Å². The Bertz CT molecular complexity index is 395. The molecule has 1 aliphatic heterocycles. The Morgan fingerprint density at radius 2 is 2.29 bits per heavy atom. The van der Waals surface area contributed by atoms with E-state index in [1.54, 1.807) is 6.07 Å². The van der Waals surface area contributed by atoms with Crippen molar-refractivity contribution in [3.05, 3.63) is 29.6 Å². The van der Waals surface area contributed by atoms with Gasteiger partial charge in [0.25, 0.3) is 0 Å². The van der Waals surface area contributed by atoms with Gasteiger partial charge in [0.05, 0.1) is 5.69 Å². The molecule has 0 spiro atoms. The molecule has 0 aromatic heterocycles. The van der Waals surface area contributed by atoms with Gasteiger partial charge in [-0.1, -0.05) is 12.1 Å². The summed E-state index contributed by atoms with van der Waals surface area (Å²) < 4.78 is 14.1. The molecule has 0 aliphatic carbocycles. The Morgan fingerprint density at radius 1 is 1.53 bits per heavy atom. The van der Waals surface area contributed by atoms with Crippen molar-refractivity contribution in [2.75, 3.05) is 23.0 Å². The fourth-order valence-electron chi connectivity index (χ4n) is 2.26. The molecule has 4 heteroatoms. The molecule has 1 aliphatic rings. The number of halogens is 1. The largest absolute Gasteiger partial charge is 0.365 e. The summed E-state index contributed by atoms with van der Waals surface area (Å²) >= 11 is 1.93. The van der Waals surface area contributed by atoms with Crippen LogP contribution in [0.1, 0.15) is 25.5 Å². The van der Waals surface area contributed by atoms with Crippen LogP contribution in [0.15, 0.2) is 18.2 Å². The van der Waals surface area contributed by atoms with Gasteiger partial charge in [0.15, 0.2) is 0 Å². The zero-order valence-electron chi connectivity index (χ0n) is 10.3. The van der Waals surface area contributed by atoms with Gasteiger partial charge in [-0.15, -0.1) is 0 Å². The first-order chi connectivity index (χ1) is 8.11. The third-order valence-electron chi connectivity index (χ3n) is 3.16.